The number of aromatic nitrogens is 3. The smallest absolute Gasteiger partial charge is 0.255 e. The molecule has 0 aliphatic carbocycles. The van der Waals surface area contributed by atoms with E-state index in [1.54, 1.807) is 12.4 Å². The van der Waals surface area contributed by atoms with E-state index in [-0.39, 0.29) is 22.9 Å². The second-order valence-corrected chi connectivity index (χ2v) is 11.2. The highest BCUT2D eigenvalue weighted by Gasteiger charge is 2.26. The van der Waals surface area contributed by atoms with Gasteiger partial charge in [0, 0.05) is 41.1 Å². The molecule has 1 aliphatic heterocycles. The number of anilines is 4. The second-order valence-electron chi connectivity index (χ2n) is 11.2. The molecule has 0 unspecified atom stereocenters. The molecule has 3 heterocycles. The summed E-state index contributed by atoms with van der Waals surface area (Å²) in [6.07, 6.45) is 4.29. The third-order valence-electron chi connectivity index (χ3n) is 6.25. The summed E-state index contributed by atoms with van der Waals surface area (Å²) in [5.74, 6) is 0.849. The quantitative estimate of drug-likeness (QED) is 0.380. The maximum atomic E-state index is 12.9. The lowest BCUT2D eigenvalue weighted by Crippen LogP contribution is -2.42. The topological polar surface area (TPSA) is 104 Å². The average molecular weight is 488 g/mol. The fraction of sp³-hybridized carbons (Fsp3) is 0.429. The zero-order valence-corrected chi connectivity index (χ0v) is 22.3. The third-order valence-corrected chi connectivity index (χ3v) is 6.25. The van der Waals surface area contributed by atoms with Crippen molar-refractivity contribution in [2.24, 2.45) is 0 Å². The van der Waals surface area contributed by atoms with Gasteiger partial charge in [0.1, 0.15) is 5.82 Å². The van der Waals surface area contributed by atoms with Gasteiger partial charge < -0.3 is 21.3 Å². The van der Waals surface area contributed by atoms with Crippen molar-refractivity contribution in [3.63, 3.8) is 0 Å². The molecule has 1 aliphatic rings. The number of rotatable bonds is 6. The molecule has 190 valence electrons. The average Bonchev–Trinajstić information content (AvgIpc) is 2.78. The van der Waals surface area contributed by atoms with Crippen LogP contribution in [0.25, 0.3) is 0 Å². The van der Waals surface area contributed by atoms with Gasteiger partial charge in [0.15, 0.2) is 0 Å². The summed E-state index contributed by atoms with van der Waals surface area (Å²) in [5.41, 5.74) is 5.33. The summed E-state index contributed by atoms with van der Waals surface area (Å²) in [5, 5.41) is 13.2. The van der Waals surface area contributed by atoms with Gasteiger partial charge in [-0.2, -0.15) is 0 Å². The number of amides is 1. The lowest BCUT2D eigenvalue weighted by atomic mass is 9.85. The van der Waals surface area contributed by atoms with Crippen LogP contribution in [0.5, 0.6) is 0 Å². The molecule has 36 heavy (non-hydrogen) atoms. The number of nitrogens with one attached hydrogen (secondary N) is 4. The van der Waals surface area contributed by atoms with E-state index in [9.17, 15) is 4.79 Å². The Kier molecular flexibility index (Phi) is 7.00. The van der Waals surface area contributed by atoms with Crippen molar-refractivity contribution < 1.29 is 4.79 Å². The molecule has 0 radical (unpaired) electrons. The molecule has 4 rings (SSSR count). The van der Waals surface area contributed by atoms with Crippen LogP contribution in [0, 0.1) is 0 Å². The van der Waals surface area contributed by atoms with Gasteiger partial charge in [-0.25, -0.2) is 15.0 Å². The Labute approximate surface area is 213 Å². The number of fused-ring (bicyclic) bond motifs is 1. The summed E-state index contributed by atoms with van der Waals surface area (Å²) >= 11 is 0. The maximum absolute atomic E-state index is 12.9. The molecule has 8 nitrogen and oxygen atoms in total. The number of pyridine rings is 1. The van der Waals surface area contributed by atoms with Crippen molar-refractivity contribution in [3.05, 3.63) is 65.1 Å². The number of hydrogen-bond donors (Lipinski definition) is 4. The highest BCUT2D eigenvalue weighted by atomic mass is 16.1. The summed E-state index contributed by atoms with van der Waals surface area (Å²) in [6, 6.07) is 10.1. The van der Waals surface area contributed by atoms with Crippen LogP contribution in [0.3, 0.4) is 0 Å². The van der Waals surface area contributed by atoms with Gasteiger partial charge >= 0.3 is 0 Å². The van der Waals surface area contributed by atoms with Gasteiger partial charge in [-0.15, -0.1) is 0 Å². The fourth-order valence-corrected chi connectivity index (χ4v) is 4.35. The molecule has 1 amide bonds. The summed E-state index contributed by atoms with van der Waals surface area (Å²) < 4.78 is 0. The number of carbonyl (C=O) groups excluding carboxylic acids is 1. The van der Waals surface area contributed by atoms with E-state index in [1.165, 1.54) is 11.1 Å². The molecular weight excluding hydrogens is 450 g/mol. The van der Waals surface area contributed by atoms with Crippen molar-refractivity contribution in [2.75, 3.05) is 17.2 Å². The minimum atomic E-state index is -0.206. The molecule has 0 atom stereocenters. The van der Waals surface area contributed by atoms with Crippen LogP contribution in [-0.4, -0.2) is 33.4 Å². The molecule has 0 spiro atoms. The zero-order chi connectivity index (χ0) is 26.1. The van der Waals surface area contributed by atoms with Crippen molar-refractivity contribution in [1.29, 1.82) is 0 Å². The van der Waals surface area contributed by atoms with E-state index in [2.05, 4.69) is 89.0 Å². The van der Waals surface area contributed by atoms with Crippen molar-refractivity contribution >= 4 is 29.0 Å². The summed E-state index contributed by atoms with van der Waals surface area (Å²) in [6.45, 7) is 15.5. The van der Waals surface area contributed by atoms with Crippen LogP contribution in [0.15, 0.2) is 42.7 Å². The van der Waals surface area contributed by atoms with Gasteiger partial charge in [-0.1, -0.05) is 26.8 Å². The van der Waals surface area contributed by atoms with Gasteiger partial charge in [0.25, 0.3) is 5.91 Å². The summed E-state index contributed by atoms with van der Waals surface area (Å²) in [7, 11) is 0. The van der Waals surface area contributed by atoms with Crippen molar-refractivity contribution in [2.45, 2.75) is 71.9 Å². The van der Waals surface area contributed by atoms with E-state index in [0.717, 1.165) is 24.3 Å². The molecule has 2 aromatic heterocycles. The van der Waals surface area contributed by atoms with Crippen molar-refractivity contribution in [3.8, 4) is 0 Å². The Bertz CT molecular complexity index is 1260. The zero-order valence-electron chi connectivity index (χ0n) is 22.3. The Balaban J connectivity index is 1.66. The Morgan fingerprint density at radius 3 is 2.58 bits per heavy atom. The molecule has 0 saturated heterocycles. The first kappa shape index (κ1) is 25.6. The predicted molar refractivity (Wildman–Crippen MR) is 145 cm³/mol. The fourth-order valence-electron chi connectivity index (χ4n) is 4.35. The van der Waals surface area contributed by atoms with Gasteiger partial charge in [0.05, 0.1) is 16.9 Å². The lowest BCUT2D eigenvalue weighted by Gasteiger charge is -2.34. The minimum Gasteiger partial charge on any atom is -0.350 e. The van der Waals surface area contributed by atoms with E-state index in [1.807, 2.05) is 26.0 Å². The monoisotopic (exact) mass is 487 g/mol. The van der Waals surface area contributed by atoms with E-state index >= 15 is 0 Å². The standard InChI is InChI=1S/C28H37N7O/c1-17(2)32-25(36)20-16-30-24(15-22(20)34-26-29-12-11-23(35-26)27(3,4)5)33-19-8-9-21-18(14-19)10-13-31-28(21,6)7/h8-9,11-12,14-17,31H,10,13H2,1-7H3,(H,32,36)(H2,29,30,33,34,35). The highest BCUT2D eigenvalue weighted by Crippen LogP contribution is 2.31. The van der Waals surface area contributed by atoms with Crippen LogP contribution in [0.1, 0.15) is 75.6 Å². The SMILES string of the molecule is CC(C)NC(=O)c1cnc(Nc2ccc3c(c2)CCNC3(C)C)cc1Nc1nccc(C(C)(C)C)n1. The number of hydrogen-bond acceptors (Lipinski definition) is 7. The van der Waals surface area contributed by atoms with E-state index < -0.39 is 0 Å². The first-order valence-corrected chi connectivity index (χ1v) is 12.5. The van der Waals surface area contributed by atoms with Gasteiger partial charge in [0.2, 0.25) is 5.95 Å². The second kappa shape index (κ2) is 9.85. The third kappa shape index (κ3) is 5.82. The van der Waals surface area contributed by atoms with E-state index in [4.69, 9.17) is 0 Å². The van der Waals surface area contributed by atoms with Crippen LogP contribution in [0.4, 0.5) is 23.1 Å². The molecular formula is C28H37N7O. The van der Waals surface area contributed by atoms with Crippen LogP contribution in [-0.2, 0) is 17.4 Å². The van der Waals surface area contributed by atoms with Crippen LogP contribution in [0.2, 0.25) is 0 Å². The number of carbonyl (C=O) groups is 1. The largest absolute Gasteiger partial charge is 0.350 e. The Morgan fingerprint density at radius 1 is 1.08 bits per heavy atom. The molecule has 8 heteroatoms. The normalized spacial score (nSPS) is 14.8. The first-order chi connectivity index (χ1) is 16.9. The maximum Gasteiger partial charge on any atom is 0.255 e. The highest BCUT2D eigenvalue weighted by molar-refractivity contribution is 6.00. The van der Waals surface area contributed by atoms with Gasteiger partial charge in [-0.05, 0) is 70.0 Å². The van der Waals surface area contributed by atoms with Crippen molar-refractivity contribution in [1.82, 2.24) is 25.6 Å². The molecule has 4 N–H and O–H groups in total. The lowest BCUT2D eigenvalue weighted by molar-refractivity contribution is 0.0943. The molecule has 0 fully saturated rings. The van der Waals surface area contributed by atoms with Gasteiger partial charge in [-0.3, -0.25) is 4.79 Å². The van der Waals surface area contributed by atoms with Crippen LogP contribution >= 0.6 is 0 Å². The Morgan fingerprint density at radius 2 is 1.86 bits per heavy atom. The Hall–Kier alpha value is -3.52. The number of benzene rings is 1. The first-order valence-electron chi connectivity index (χ1n) is 12.5. The minimum absolute atomic E-state index is 0.00199. The predicted octanol–water partition coefficient (Wildman–Crippen LogP) is 5.18. The van der Waals surface area contributed by atoms with Crippen LogP contribution < -0.4 is 21.3 Å². The molecule has 1 aromatic carbocycles. The summed E-state index contributed by atoms with van der Waals surface area (Å²) in [4.78, 5) is 26.5. The number of nitrogens with zero attached hydrogens (tertiary/aromatic N) is 3. The molecule has 0 bridgehead atoms. The molecule has 0 saturated carbocycles. The molecule has 3 aromatic rings. The van der Waals surface area contributed by atoms with E-state index in [0.29, 0.717) is 23.0 Å².